The summed E-state index contributed by atoms with van der Waals surface area (Å²) in [5.74, 6) is -0.192. The first kappa shape index (κ1) is 16.4. The normalized spacial score (nSPS) is 28.5. The third-order valence-corrected chi connectivity index (χ3v) is 5.56. The number of imide groups is 1. The summed E-state index contributed by atoms with van der Waals surface area (Å²) in [6.45, 7) is 9.26. The number of hydrogen-bond donors (Lipinski definition) is 2. The Bertz CT molecular complexity index is 626. The number of halogens is 1. The van der Waals surface area contributed by atoms with Crippen LogP contribution in [0.5, 0.6) is 0 Å². The molecule has 1 atom stereocenters. The van der Waals surface area contributed by atoms with E-state index in [1.165, 1.54) is 9.80 Å². The predicted octanol–water partition coefficient (Wildman–Crippen LogP) is -0.916. The molecule has 23 heavy (non-hydrogen) atoms. The smallest absolute Gasteiger partial charge is 0.292 e. The van der Waals surface area contributed by atoms with Crippen molar-refractivity contribution in [2.75, 3.05) is 37.6 Å². The van der Waals surface area contributed by atoms with Crippen molar-refractivity contribution in [2.45, 2.75) is 26.3 Å². The molecule has 2 aliphatic rings. The van der Waals surface area contributed by atoms with Gasteiger partial charge in [0.1, 0.15) is 26.2 Å². The average molecular weight is 338 g/mol. The van der Waals surface area contributed by atoms with Crippen LogP contribution in [0.4, 0.5) is 5.69 Å². The van der Waals surface area contributed by atoms with Gasteiger partial charge in [0.2, 0.25) is 5.91 Å². The first-order valence-electron chi connectivity index (χ1n) is 8.32. The summed E-state index contributed by atoms with van der Waals surface area (Å²) >= 11 is 6.15. The van der Waals surface area contributed by atoms with E-state index in [1.807, 2.05) is 13.0 Å². The lowest BCUT2D eigenvalue weighted by atomic mass is 10.1. The number of nitrogens with one attached hydrogen (secondary N) is 2. The summed E-state index contributed by atoms with van der Waals surface area (Å²) in [7, 11) is 0. The minimum Gasteiger partial charge on any atom is -0.326 e. The molecule has 6 heteroatoms. The van der Waals surface area contributed by atoms with Crippen LogP contribution in [0.15, 0.2) is 18.2 Å². The molecule has 1 aromatic rings. The van der Waals surface area contributed by atoms with E-state index in [2.05, 4.69) is 6.92 Å². The number of anilines is 1. The van der Waals surface area contributed by atoms with E-state index < -0.39 is 0 Å². The summed E-state index contributed by atoms with van der Waals surface area (Å²) in [5.41, 5.74) is 1.53. The first-order chi connectivity index (χ1) is 11.0. The molecule has 2 amide bonds. The lowest BCUT2D eigenvalue weighted by Gasteiger charge is -2.31. The second-order valence-electron chi connectivity index (χ2n) is 6.52. The van der Waals surface area contributed by atoms with Crippen molar-refractivity contribution in [3.05, 3.63) is 28.8 Å². The fraction of sp³-hybridized carbons (Fsp3) is 0.529. The number of carbonyl (C=O) groups excluding carboxylic acids is 2. The fourth-order valence-corrected chi connectivity index (χ4v) is 3.74. The number of nitrogens with zero attached hydrogens (tertiary/aromatic N) is 1. The Morgan fingerprint density at radius 2 is 1.91 bits per heavy atom. The Balaban J connectivity index is 1.76. The molecule has 0 aliphatic carbocycles. The Morgan fingerprint density at radius 1 is 1.22 bits per heavy atom. The second kappa shape index (κ2) is 6.59. The van der Waals surface area contributed by atoms with Crippen LogP contribution in [0, 0.1) is 6.92 Å². The molecule has 1 unspecified atom stereocenters. The summed E-state index contributed by atoms with van der Waals surface area (Å²) < 4.78 is 0. The van der Waals surface area contributed by atoms with Gasteiger partial charge in [0.25, 0.3) is 5.91 Å². The molecule has 0 bridgehead atoms. The molecule has 0 saturated carbocycles. The highest BCUT2D eigenvalue weighted by atomic mass is 35.5. The number of hydrogen-bond acceptors (Lipinski definition) is 2. The number of rotatable bonds is 3. The summed E-state index contributed by atoms with van der Waals surface area (Å²) in [4.78, 5) is 29.3. The molecule has 124 valence electrons. The zero-order valence-corrected chi connectivity index (χ0v) is 14.4. The van der Waals surface area contributed by atoms with Crippen LogP contribution < -0.4 is 14.7 Å². The van der Waals surface area contributed by atoms with Crippen LogP contribution in [0.25, 0.3) is 0 Å². The van der Waals surface area contributed by atoms with E-state index >= 15 is 0 Å². The van der Waals surface area contributed by atoms with E-state index in [-0.39, 0.29) is 17.9 Å². The molecule has 1 aromatic carbocycles. The van der Waals surface area contributed by atoms with E-state index in [0.29, 0.717) is 17.1 Å². The Labute approximate surface area is 141 Å². The largest absolute Gasteiger partial charge is 0.326 e. The van der Waals surface area contributed by atoms with E-state index in [9.17, 15) is 9.59 Å². The number of carbonyl (C=O) groups is 2. The molecule has 2 N–H and O–H groups in total. The zero-order chi connectivity index (χ0) is 16.6. The number of amides is 2. The number of quaternary nitrogens is 2. The third kappa shape index (κ3) is 3.13. The molecule has 3 rings (SSSR count). The maximum atomic E-state index is 12.8. The van der Waals surface area contributed by atoms with Crippen LogP contribution in [-0.2, 0) is 9.59 Å². The van der Waals surface area contributed by atoms with Crippen molar-refractivity contribution in [1.82, 2.24) is 0 Å². The van der Waals surface area contributed by atoms with Gasteiger partial charge in [-0.1, -0.05) is 17.7 Å². The van der Waals surface area contributed by atoms with Gasteiger partial charge in [-0.3, -0.25) is 9.59 Å². The highest BCUT2D eigenvalue weighted by molar-refractivity contribution is 6.32. The van der Waals surface area contributed by atoms with Crippen molar-refractivity contribution in [3.63, 3.8) is 0 Å². The molecule has 2 saturated heterocycles. The van der Waals surface area contributed by atoms with Crippen LogP contribution >= 0.6 is 11.6 Å². The zero-order valence-electron chi connectivity index (χ0n) is 13.7. The standard InChI is InChI=1S/C17H22ClN3O2/c1-3-19-6-8-20(9-7-19)15-11-16(22)21(17(15)23)13-5-4-12(2)14(18)10-13/h4-5,10,15H,3,6-9,11H2,1-2H3/p+2. The average Bonchev–Trinajstić information content (AvgIpc) is 2.85. The molecular weight excluding hydrogens is 314 g/mol. The lowest BCUT2D eigenvalue weighted by Crippen LogP contribution is -3.29. The molecule has 0 aromatic heterocycles. The van der Waals surface area contributed by atoms with Gasteiger partial charge in [-0.15, -0.1) is 0 Å². The molecule has 0 spiro atoms. The van der Waals surface area contributed by atoms with Crippen LogP contribution in [0.3, 0.4) is 0 Å². The molecule has 2 aliphatic heterocycles. The Hall–Kier alpha value is -1.43. The molecular formula is C17H24ClN3O2+2. The number of likely N-dealkylation sites (N-methyl/N-ethyl adjacent to an activating group) is 1. The van der Waals surface area contributed by atoms with Gasteiger partial charge in [0.15, 0.2) is 6.04 Å². The predicted molar refractivity (Wildman–Crippen MR) is 89.0 cm³/mol. The van der Waals surface area contributed by atoms with Crippen LogP contribution in [0.2, 0.25) is 5.02 Å². The minimum atomic E-state index is -0.235. The van der Waals surface area contributed by atoms with Gasteiger partial charge in [-0.25, -0.2) is 4.90 Å². The van der Waals surface area contributed by atoms with Gasteiger partial charge in [-0.05, 0) is 31.5 Å². The van der Waals surface area contributed by atoms with Gasteiger partial charge in [0, 0.05) is 5.02 Å². The van der Waals surface area contributed by atoms with Crippen molar-refractivity contribution in [3.8, 4) is 0 Å². The highest BCUT2D eigenvalue weighted by Crippen LogP contribution is 2.26. The number of benzene rings is 1. The topological polar surface area (TPSA) is 46.3 Å². The monoisotopic (exact) mass is 337 g/mol. The second-order valence-corrected chi connectivity index (χ2v) is 6.93. The molecule has 2 fully saturated rings. The lowest BCUT2D eigenvalue weighted by molar-refractivity contribution is -1.02. The van der Waals surface area contributed by atoms with E-state index in [4.69, 9.17) is 11.6 Å². The van der Waals surface area contributed by atoms with Crippen molar-refractivity contribution in [2.24, 2.45) is 0 Å². The van der Waals surface area contributed by atoms with E-state index in [1.54, 1.807) is 17.0 Å². The molecule has 5 nitrogen and oxygen atoms in total. The van der Waals surface area contributed by atoms with Crippen molar-refractivity contribution >= 4 is 29.1 Å². The number of aryl methyl sites for hydroxylation is 1. The van der Waals surface area contributed by atoms with Crippen molar-refractivity contribution in [1.29, 1.82) is 0 Å². The minimum absolute atomic E-state index is 0.0788. The van der Waals surface area contributed by atoms with Gasteiger partial charge >= 0.3 is 0 Å². The fourth-order valence-electron chi connectivity index (χ4n) is 3.57. The van der Waals surface area contributed by atoms with E-state index in [0.717, 1.165) is 38.3 Å². The molecule has 0 radical (unpaired) electrons. The number of piperazine rings is 1. The van der Waals surface area contributed by atoms with Gasteiger partial charge in [0.05, 0.1) is 18.7 Å². The van der Waals surface area contributed by atoms with Crippen molar-refractivity contribution < 1.29 is 19.4 Å². The van der Waals surface area contributed by atoms with Crippen LogP contribution in [-0.4, -0.2) is 50.6 Å². The highest BCUT2D eigenvalue weighted by Gasteiger charge is 2.46. The Kier molecular flexibility index (Phi) is 4.71. The molecule has 2 heterocycles. The maximum Gasteiger partial charge on any atom is 0.292 e. The SMILES string of the molecule is CC[NH+]1CC[NH+](C2CC(=O)N(c3ccc(C)c(Cl)c3)C2=O)CC1. The first-order valence-corrected chi connectivity index (χ1v) is 8.70. The van der Waals surface area contributed by atoms with Gasteiger partial charge in [-0.2, -0.15) is 0 Å². The summed E-state index contributed by atoms with van der Waals surface area (Å²) in [6.07, 6.45) is 0.307. The van der Waals surface area contributed by atoms with Gasteiger partial charge < -0.3 is 9.80 Å². The summed E-state index contributed by atoms with van der Waals surface area (Å²) in [5, 5.41) is 0.582. The third-order valence-electron chi connectivity index (χ3n) is 5.15. The maximum absolute atomic E-state index is 12.8. The van der Waals surface area contributed by atoms with Crippen LogP contribution in [0.1, 0.15) is 18.9 Å². The summed E-state index contributed by atoms with van der Waals surface area (Å²) in [6, 6.07) is 5.13. The Morgan fingerprint density at radius 3 is 2.52 bits per heavy atom. The quantitative estimate of drug-likeness (QED) is 0.701.